The van der Waals surface area contributed by atoms with Gasteiger partial charge in [-0.15, -0.1) is 11.8 Å². The molecular formula is C21H31FN2O3S. The first-order chi connectivity index (χ1) is 13.2. The first kappa shape index (κ1) is 22.5. The second-order valence-electron chi connectivity index (χ2n) is 8.21. The molecular weight excluding hydrogens is 379 g/mol. The minimum Gasteiger partial charge on any atom is -0.444 e. The lowest BCUT2D eigenvalue weighted by Gasteiger charge is -2.34. The number of piperidine rings is 1. The number of carbonyl (C=O) groups excluding carboxylic acids is 2. The van der Waals surface area contributed by atoms with Crippen molar-refractivity contribution >= 4 is 23.8 Å². The predicted molar refractivity (Wildman–Crippen MR) is 110 cm³/mol. The van der Waals surface area contributed by atoms with Crippen LogP contribution in [-0.4, -0.2) is 59.8 Å². The maximum absolute atomic E-state index is 13.6. The number of likely N-dealkylation sites (tertiary alicyclic amines) is 1. The number of hydrogen-bond donors (Lipinski definition) is 0. The highest BCUT2D eigenvalue weighted by Gasteiger charge is 2.26. The van der Waals surface area contributed by atoms with Gasteiger partial charge in [-0.05, 0) is 51.7 Å². The van der Waals surface area contributed by atoms with Crippen molar-refractivity contribution < 1.29 is 18.7 Å². The summed E-state index contributed by atoms with van der Waals surface area (Å²) in [4.78, 5) is 28.6. The second kappa shape index (κ2) is 10.1. The molecule has 1 fully saturated rings. The molecule has 0 N–H and O–H groups in total. The van der Waals surface area contributed by atoms with Gasteiger partial charge in [-0.25, -0.2) is 9.18 Å². The highest BCUT2D eigenvalue weighted by molar-refractivity contribution is 7.99. The SMILES string of the molecule is CN(CC1CCN(C(=O)CCSc2ccccc2F)CC1)C(=O)OC(C)(C)C. The van der Waals surface area contributed by atoms with Crippen LogP contribution >= 0.6 is 11.8 Å². The molecule has 0 atom stereocenters. The Labute approximate surface area is 171 Å². The molecule has 0 radical (unpaired) electrons. The van der Waals surface area contributed by atoms with Crippen LogP contribution in [0.1, 0.15) is 40.0 Å². The molecule has 1 heterocycles. The molecule has 28 heavy (non-hydrogen) atoms. The van der Waals surface area contributed by atoms with Gasteiger partial charge in [-0.1, -0.05) is 12.1 Å². The molecule has 0 aliphatic carbocycles. The molecule has 7 heteroatoms. The fourth-order valence-electron chi connectivity index (χ4n) is 3.13. The van der Waals surface area contributed by atoms with Gasteiger partial charge in [0.15, 0.2) is 0 Å². The van der Waals surface area contributed by atoms with E-state index in [9.17, 15) is 14.0 Å². The molecule has 2 amide bonds. The Balaban J connectivity index is 1.69. The van der Waals surface area contributed by atoms with Crippen molar-refractivity contribution in [3.05, 3.63) is 30.1 Å². The van der Waals surface area contributed by atoms with Crippen LogP contribution in [-0.2, 0) is 9.53 Å². The van der Waals surface area contributed by atoms with E-state index in [1.54, 1.807) is 30.1 Å². The molecule has 0 bridgehead atoms. The van der Waals surface area contributed by atoms with E-state index in [-0.39, 0.29) is 17.8 Å². The van der Waals surface area contributed by atoms with E-state index < -0.39 is 5.60 Å². The lowest BCUT2D eigenvalue weighted by molar-refractivity contribution is -0.132. The quantitative estimate of drug-likeness (QED) is 0.652. The third-order valence-corrected chi connectivity index (χ3v) is 5.66. The van der Waals surface area contributed by atoms with Crippen LogP contribution in [0.2, 0.25) is 0 Å². The maximum atomic E-state index is 13.6. The van der Waals surface area contributed by atoms with E-state index in [2.05, 4.69) is 0 Å². The zero-order valence-corrected chi connectivity index (χ0v) is 18.1. The van der Waals surface area contributed by atoms with Gasteiger partial charge in [-0.3, -0.25) is 4.79 Å². The van der Waals surface area contributed by atoms with Gasteiger partial charge < -0.3 is 14.5 Å². The zero-order chi connectivity index (χ0) is 20.7. The number of ether oxygens (including phenoxy) is 1. The minimum absolute atomic E-state index is 0.114. The summed E-state index contributed by atoms with van der Waals surface area (Å²) in [5.74, 6) is 0.813. The summed E-state index contributed by atoms with van der Waals surface area (Å²) in [5.41, 5.74) is -0.498. The Morgan fingerprint density at radius 2 is 1.89 bits per heavy atom. The smallest absolute Gasteiger partial charge is 0.410 e. The van der Waals surface area contributed by atoms with Gasteiger partial charge in [0.2, 0.25) is 5.91 Å². The lowest BCUT2D eigenvalue weighted by Crippen LogP contribution is -2.43. The molecule has 0 saturated carbocycles. The largest absolute Gasteiger partial charge is 0.444 e. The summed E-state index contributed by atoms with van der Waals surface area (Å²) in [5, 5.41) is 0. The predicted octanol–water partition coefficient (Wildman–Crippen LogP) is 4.41. The lowest BCUT2D eigenvalue weighted by atomic mass is 9.96. The Hall–Kier alpha value is -1.76. The van der Waals surface area contributed by atoms with Crippen LogP contribution in [0.5, 0.6) is 0 Å². The van der Waals surface area contributed by atoms with E-state index >= 15 is 0 Å². The molecule has 156 valence electrons. The third kappa shape index (κ3) is 7.34. The number of rotatable bonds is 6. The number of benzene rings is 1. The van der Waals surface area contributed by atoms with E-state index in [0.29, 0.717) is 42.6 Å². The summed E-state index contributed by atoms with van der Waals surface area (Å²) in [7, 11) is 1.76. The standard InChI is InChI=1S/C21H31FN2O3S/c1-21(2,3)27-20(26)23(4)15-16-9-12-24(13-10-16)19(25)11-14-28-18-8-6-5-7-17(18)22/h5-8,16H,9-15H2,1-4H3. The normalized spacial score (nSPS) is 15.4. The Morgan fingerprint density at radius 1 is 1.25 bits per heavy atom. The Bertz CT molecular complexity index is 670. The van der Waals surface area contributed by atoms with Crippen molar-refractivity contribution in [1.82, 2.24) is 9.80 Å². The molecule has 5 nitrogen and oxygen atoms in total. The molecule has 0 spiro atoms. The fraction of sp³-hybridized carbons (Fsp3) is 0.619. The molecule has 1 saturated heterocycles. The summed E-state index contributed by atoms with van der Waals surface area (Å²) < 4.78 is 19.0. The van der Waals surface area contributed by atoms with Crippen molar-refractivity contribution in [3.8, 4) is 0 Å². The van der Waals surface area contributed by atoms with Crippen LogP contribution in [0.25, 0.3) is 0 Å². The fourth-order valence-corrected chi connectivity index (χ4v) is 4.01. The summed E-state index contributed by atoms with van der Waals surface area (Å²) in [6, 6.07) is 6.63. The van der Waals surface area contributed by atoms with Gasteiger partial charge in [0.25, 0.3) is 0 Å². The van der Waals surface area contributed by atoms with Crippen LogP contribution in [0.3, 0.4) is 0 Å². The van der Waals surface area contributed by atoms with Crippen molar-refractivity contribution in [3.63, 3.8) is 0 Å². The molecule has 1 aliphatic rings. The van der Waals surface area contributed by atoms with E-state index in [4.69, 9.17) is 4.74 Å². The number of hydrogen-bond acceptors (Lipinski definition) is 4. The second-order valence-corrected chi connectivity index (χ2v) is 9.35. The summed E-state index contributed by atoms with van der Waals surface area (Å²) in [6.07, 6.45) is 1.84. The number of carbonyl (C=O) groups is 2. The molecule has 0 aromatic heterocycles. The van der Waals surface area contributed by atoms with E-state index in [0.717, 1.165) is 12.8 Å². The number of halogens is 1. The van der Waals surface area contributed by atoms with Gasteiger partial charge >= 0.3 is 6.09 Å². The Morgan fingerprint density at radius 3 is 2.50 bits per heavy atom. The van der Waals surface area contributed by atoms with Crippen molar-refractivity contribution in [2.24, 2.45) is 5.92 Å². The maximum Gasteiger partial charge on any atom is 0.410 e. The highest BCUT2D eigenvalue weighted by atomic mass is 32.2. The third-order valence-electron chi connectivity index (χ3n) is 4.61. The van der Waals surface area contributed by atoms with Crippen molar-refractivity contribution in [1.29, 1.82) is 0 Å². The topological polar surface area (TPSA) is 49.9 Å². The van der Waals surface area contributed by atoms with Crippen LogP contribution in [0.15, 0.2) is 29.2 Å². The van der Waals surface area contributed by atoms with E-state index in [1.165, 1.54) is 17.8 Å². The molecule has 2 rings (SSSR count). The Kier molecular flexibility index (Phi) is 8.16. The minimum atomic E-state index is -0.498. The molecule has 1 aromatic carbocycles. The van der Waals surface area contributed by atoms with Gasteiger partial charge in [0.1, 0.15) is 11.4 Å². The first-order valence-electron chi connectivity index (χ1n) is 9.75. The molecule has 0 unspecified atom stereocenters. The molecule has 1 aromatic rings. The summed E-state index contributed by atoms with van der Waals surface area (Å²) in [6.45, 7) is 7.61. The van der Waals surface area contributed by atoms with E-state index in [1.807, 2.05) is 25.7 Å². The van der Waals surface area contributed by atoms with Crippen LogP contribution < -0.4 is 0 Å². The number of nitrogens with zero attached hydrogens (tertiary/aromatic N) is 2. The molecule has 1 aliphatic heterocycles. The summed E-state index contributed by atoms with van der Waals surface area (Å²) >= 11 is 1.38. The van der Waals surface area contributed by atoms with Crippen molar-refractivity contribution in [2.45, 2.75) is 50.5 Å². The highest BCUT2D eigenvalue weighted by Crippen LogP contribution is 2.23. The average Bonchev–Trinajstić information content (AvgIpc) is 2.62. The van der Waals surface area contributed by atoms with Crippen LogP contribution in [0.4, 0.5) is 9.18 Å². The van der Waals surface area contributed by atoms with Crippen LogP contribution in [0, 0.1) is 11.7 Å². The first-order valence-corrected chi connectivity index (χ1v) is 10.7. The zero-order valence-electron chi connectivity index (χ0n) is 17.2. The number of thioether (sulfide) groups is 1. The van der Waals surface area contributed by atoms with Gasteiger partial charge in [0.05, 0.1) is 0 Å². The average molecular weight is 411 g/mol. The monoisotopic (exact) mass is 410 g/mol. The van der Waals surface area contributed by atoms with Crippen molar-refractivity contribution in [2.75, 3.05) is 32.4 Å². The van der Waals surface area contributed by atoms with Gasteiger partial charge in [-0.2, -0.15) is 0 Å². The van der Waals surface area contributed by atoms with Gasteiger partial charge in [0, 0.05) is 43.8 Å². The number of amides is 2.